The highest BCUT2D eigenvalue weighted by Crippen LogP contribution is 2.66. The van der Waals surface area contributed by atoms with E-state index in [0.717, 1.165) is 5.75 Å². The van der Waals surface area contributed by atoms with Crippen LogP contribution in [0, 0.1) is 0 Å². The van der Waals surface area contributed by atoms with Crippen molar-refractivity contribution in [3.63, 3.8) is 0 Å². The zero-order valence-electron chi connectivity index (χ0n) is 10.2. The number of benzene rings is 1. The van der Waals surface area contributed by atoms with Gasteiger partial charge in [-0.15, -0.1) is 0 Å². The Kier molecular flexibility index (Phi) is 2.89. The third-order valence-corrected chi connectivity index (χ3v) is 8.41. The van der Waals surface area contributed by atoms with Gasteiger partial charge >= 0.3 is 0 Å². The maximum atomic E-state index is 6.32. The molecule has 0 spiro atoms. The molecular formula is C14H21NS. The first-order chi connectivity index (χ1) is 7.47. The molecule has 2 rings (SSSR count). The van der Waals surface area contributed by atoms with Crippen LogP contribution in [0.15, 0.2) is 30.8 Å². The van der Waals surface area contributed by atoms with Crippen LogP contribution >= 0.6 is 10.0 Å². The lowest BCUT2D eigenvalue weighted by atomic mass is 10.1. The maximum Gasteiger partial charge on any atom is 0.0445 e. The molecule has 1 heterocycles. The van der Waals surface area contributed by atoms with Gasteiger partial charge in [0.15, 0.2) is 0 Å². The fourth-order valence-corrected chi connectivity index (χ4v) is 5.07. The third-order valence-electron chi connectivity index (χ3n) is 3.88. The maximum absolute atomic E-state index is 6.32. The molecule has 1 aromatic rings. The fraction of sp³-hybridized carbons (Fsp3) is 0.429. The van der Waals surface area contributed by atoms with Gasteiger partial charge in [0.1, 0.15) is 0 Å². The van der Waals surface area contributed by atoms with Gasteiger partial charge in [-0.25, -0.2) is 10.0 Å². The molecule has 1 aliphatic rings. The predicted molar refractivity (Wildman–Crippen MR) is 75.8 cm³/mol. The molecular weight excluding hydrogens is 214 g/mol. The third kappa shape index (κ3) is 1.92. The van der Waals surface area contributed by atoms with Crippen molar-refractivity contribution < 1.29 is 0 Å². The molecule has 0 amide bonds. The Labute approximate surface area is 100 Å². The average Bonchev–Trinajstić information content (AvgIpc) is 2.28. The molecule has 0 radical (unpaired) electrons. The molecule has 2 atom stereocenters. The van der Waals surface area contributed by atoms with Crippen LogP contribution < -0.4 is 5.73 Å². The molecule has 16 heavy (non-hydrogen) atoms. The first-order valence-corrected chi connectivity index (χ1v) is 8.08. The van der Waals surface area contributed by atoms with E-state index in [1.54, 1.807) is 0 Å². The number of nitrogens with two attached hydrogens (primary N) is 1. The van der Waals surface area contributed by atoms with Crippen molar-refractivity contribution in [2.24, 2.45) is 5.73 Å². The molecule has 1 saturated heterocycles. The lowest BCUT2D eigenvalue weighted by molar-refractivity contribution is 0.591. The summed E-state index contributed by atoms with van der Waals surface area (Å²) in [7, 11) is -0.638. The quantitative estimate of drug-likeness (QED) is 0.854. The molecule has 0 aromatic heterocycles. The second-order valence-corrected chi connectivity index (χ2v) is 9.31. The minimum atomic E-state index is -0.638. The molecule has 0 bridgehead atoms. The summed E-state index contributed by atoms with van der Waals surface area (Å²) in [6, 6.07) is 8.70. The number of hydrogen-bond acceptors (Lipinski definition) is 1. The van der Waals surface area contributed by atoms with E-state index in [1.807, 2.05) is 6.08 Å². The smallest absolute Gasteiger partial charge is 0.0445 e. The van der Waals surface area contributed by atoms with Gasteiger partial charge < -0.3 is 5.73 Å². The van der Waals surface area contributed by atoms with Gasteiger partial charge in [-0.1, -0.05) is 36.9 Å². The Bertz CT molecular complexity index is 394. The summed E-state index contributed by atoms with van der Waals surface area (Å²) in [5.74, 6) is 2.49. The Hall–Kier alpha value is -0.730. The average molecular weight is 235 g/mol. The summed E-state index contributed by atoms with van der Waals surface area (Å²) in [5, 5.41) is 0. The highest BCUT2D eigenvalue weighted by atomic mass is 32.3. The molecule has 0 saturated carbocycles. The van der Waals surface area contributed by atoms with Crippen molar-refractivity contribution in [2.75, 3.05) is 12.0 Å². The van der Waals surface area contributed by atoms with Gasteiger partial charge in [0.2, 0.25) is 0 Å². The topological polar surface area (TPSA) is 26.0 Å². The van der Waals surface area contributed by atoms with Crippen LogP contribution in [0.5, 0.6) is 0 Å². The van der Waals surface area contributed by atoms with Crippen molar-refractivity contribution in [1.29, 1.82) is 0 Å². The highest BCUT2D eigenvalue weighted by Gasteiger charge is 2.45. The normalized spacial score (nSPS) is 37.2. The van der Waals surface area contributed by atoms with E-state index >= 15 is 0 Å². The van der Waals surface area contributed by atoms with Crippen molar-refractivity contribution >= 4 is 16.1 Å². The molecule has 2 unspecified atom stereocenters. The largest absolute Gasteiger partial charge is 0.318 e. The molecule has 1 aliphatic heterocycles. The van der Waals surface area contributed by atoms with E-state index in [0.29, 0.717) is 0 Å². The second kappa shape index (κ2) is 3.94. The van der Waals surface area contributed by atoms with Gasteiger partial charge in [0.05, 0.1) is 0 Å². The van der Waals surface area contributed by atoms with Gasteiger partial charge in [-0.2, -0.15) is 0 Å². The lowest BCUT2D eigenvalue weighted by Gasteiger charge is -2.59. The fourth-order valence-electron chi connectivity index (χ4n) is 2.13. The molecule has 2 N–H and O–H groups in total. The van der Waals surface area contributed by atoms with E-state index in [-0.39, 0.29) is 4.87 Å². The summed E-state index contributed by atoms with van der Waals surface area (Å²) in [5.41, 5.74) is 8.93. The van der Waals surface area contributed by atoms with Gasteiger partial charge in [0.25, 0.3) is 0 Å². The zero-order chi connectivity index (χ0) is 11.8. The number of hydrogen-bond donors (Lipinski definition) is 1. The Balaban J connectivity index is 2.12. The number of rotatable bonds is 3. The van der Waals surface area contributed by atoms with Crippen molar-refractivity contribution in [2.45, 2.75) is 24.0 Å². The minimum absolute atomic E-state index is 0.0874. The van der Waals surface area contributed by atoms with E-state index in [9.17, 15) is 0 Å². The van der Waals surface area contributed by atoms with Gasteiger partial charge in [-0.3, -0.25) is 0 Å². The molecule has 1 fully saturated rings. The minimum Gasteiger partial charge on any atom is -0.318 e. The first kappa shape index (κ1) is 11.7. The van der Waals surface area contributed by atoms with Crippen molar-refractivity contribution in [3.8, 4) is 0 Å². The molecule has 88 valence electrons. The monoisotopic (exact) mass is 235 g/mol. The predicted octanol–water partition coefficient (Wildman–Crippen LogP) is 3.34. The zero-order valence-corrected chi connectivity index (χ0v) is 11.0. The summed E-state index contributed by atoms with van der Waals surface area (Å²) in [6.45, 7) is 5.98. The van der Waals surface area contributed by atoms with Crippen LogP contribution in [0.1, 0.15) is 24.5 Å². The Morgan fingerprint density at radius 3 is 2.44 bits per heavy atom. The molecule has 1 aromatic carbocycles. The van der Waals surface area contributed by atoms with Crippen LogP contribution in [0.2, 0.25) is 0 Å². The highest BCUT2D eigenvalue weighted by molar-refractivity contribution is 8.34. The summed E-state index contributed by atoms with van der Waals surface area (Å²) < 4.78 is 0. The Morgan fingerprint density at radius 2 is 2.06 bits per heavy atom. The second-order valence-electron chi connectivity index (χ2n) is 5.13. The van der Waals surface area contributed by atoms with E-state index in [1.165, 1.54) is 23.3 Å². The van der Waals surface area contributed by atoms with Crippen molar-refractivity contribution in [1.82, 2.24) is 0 Å². The summed E-state index contributed by atoms with van der Waals surface area (Å²) in [4.78, 5) is 0.0874. The van der Waals surface area contributed by atoms with E-state index < -0.39 is 10.0 Å². The molecule has 0 aliphatic carbocycles. The standard InChI is InChI=1S/C14H21NS/c1-4-12-5-7-13(8-6-12)11-16(3)10-9-14(16,2)15/h4-8H,1,9-11,15H2,2-3H3. The summed E-state index contributed by atoms with van der Waals surface area (Å²) in [6.07, 6.45) is 5.45. The van der Waals surface area contributed by atoms with Gasteiger partial charge in [0, 0.05) is 10.6 Å². The molecule has 2 heteroatoms. The van der Waals surface area contributed by atoms with Crippen LogP contribution in [0.3, 0.4) is 0 Å². The lowest BCUT2D eigenvalue weighted by Crippen LogP contribution is -2.52. The van der Waals surface area contributed by atoms with E-state index in [4.69, 9.17) is 5.73 Å². The van der Waals surface area contributed by atoms with Crippen molar-refractivity contribution in [3.05, 3.63) is 42.0 Å². The SMILES string of the molecule is C=Cc1ccc(CS2(C)CCC2(C)N)cc1. The Morgan fingerprint density at radius 1 is 1.44 bits per heavy atom. The van der Waals surface area contributed by atoms with Crippen LogP contribution in [-0.4, -0.2) is 16.9 Å². The van der Waals surface area contributed by atoms with Crippen LogP contribution in [0.25, 0.3) is 6.08 Å². The summed E-state index contributed by atoms with van der Waals surface area (Å²) >= 11 is 0. The molecule has 1 nitrogen and oxygen atoms in total. The first-order valence-electron chi connectivity index (χ1n) is 5.70. The van der Waals surface area contributed by atoms with Gasteiger partial charge in [-0.05, 0) is 36.5 Å². The van der Waals surface area contributed by atoms with Crippen LogP contribution in [-0.2, 0) is 5.75 Å². The van der Waals surface area contributed by atoms with E-state index in [2.05, 4.69) is 44.0 Å². The van der Waals surface area contributed by atoms with Crippen LogP contribution in [0.4, 0.5) is 0 Å².